The Kier molecular flexibility index (Phi) is 6.53. The van der Waals surface area contributed by atoms with Crippen LogP contribution in [0.1, 0.15) is 57.8 Å². The van der Waals surface area contributed by atoms with Crippen molar-refractivity contribution in [1.82, 2.24) is 10.2 Å². The predicted molar refractivity (Wildman–Crippen MR) is 95.7 cm³/mol. The Bertz CT molecular complexity index is 395. The van der Waals surface area contributed by atoms with E-state index in [2.05, 4.69) is 10.2 Å². The number of piperidine rings is 1. The van der Waals surface area contributed by atoms with Crippen LogP contribution in [0.5, 0.6) is 0 Å². The van der Waals surface area contributed by atoms with Crippen molar-refractivity contribution in [2.24, 2.45) is 17.1 Å². The summed E-state index contributed by atoms with van der Waals surface area (Å²) < 4.78 is 5.47. The molecule has 1 atom stereocenters. The highest BCUT2D eigenvalue weighted by Gasteiger charge is 2.34. The molecule has 2 aliphatic heterocycles. The lowest BCUT2D eigenvalue weighted by atomic mass is 9.71. The number of rotatable bonds is 6. The molecule has 5 heteroatoms. The number of nitrogens with one attached hydrogen (secondary N) is 1. The molecule has 1 amide bonds. The second kappa shape index (κ2) is 8.63. The molecule has 1 aliphatic carbocycles. The van der Waals surface area contributed by atoms with Crippen LogP contribution < -0.4 is 11.1 Å². The van der Waals surface area contributed by atoms with E-state index in [4.69, 9.17) is 10.5 Å². The Morgan fingerprint density at radius 1 is 1.17 bits per heavy atom. The highest BCUT2D eigenvalue weighted by molar-refractivity contribution is 5.77. The fourth-order valence-electron chi connectivity index (χ4n) is 4.73. The lowest BCUT2D eigenvalue weighted by Crippen LogP contribution is -2.47. The van der Waals surface area contributed by atoms with Gasteiger partial charge in [-0.3, -0.25) is 4.79 Å². The van der Waals surface area contributed by atoms with Crippen molar-refractivity contribution in [3.05, 3.63) is 0 Å². The summed E-state index contributed by atoms with van der Waals surface area (Å²) in [5.74, 6) is 0.942. The molecule has 2 heterocycles. The minimum Gasteiger partial charge on any atom is -0.381 e. The topological polar surface area (TPSA) is 67.6 Å². The van der Waals surface area contributed by atoms with Crippen molar-refractivity contribution in [3.8, 4) is 0 Å². The quantitative estimate of drug-likeness (QED) is 0.777. The highest BCUT2D eigenvalue weighted by atomic mass is 16.5. The summed E-state index contributed by atoms with van der Waals surface area (Å²) in [5.41, 5.74) is 6.09. The number of nitrogens with two attached hydrogens (primary N) is 1. The second-order valence-corrected chi connectivity index (χ2v) is 8.31. The zero-order chi connectivity index (χ0) is 16.8. The molecule has 0 aromatic heterocycles. The average Bonchev–Trinajstić information content (AvgIpc) is 3.10. The van der Waals surface area contributed by atoms with E-state index in [1.54, 1.807) is 0 Å². The highest BCUT2D eigenvalue weighted by Crippen LogP contribution is 2.38. The van der Waals surface area contributed by atoms with Crippen LogP contribution in [0.25, 0.3) is 0 Å². The molecule has 3 N–H and O–H groups in total. The first kappa shape index (κ1) is 18.2. The van der Waals surface area contributed by atoms with Gasteiger partial charge in [0, 0.05) is 38.7 Å². The summed E-state index contributed by atoms with van der Waals surface area (Å²) in [6.45, 7) is 5.88. The van der Waals surface area contributed by atoms with Gasteiger partial charge in [-0.25, -0.2) is 0 Å². The summed E-state index contributed by atoms with van der Waals surface area (Å²) in [4.78, 5) is 15.1. The minimum atomic E-state index is 0.0749. The number of likely N-dealkylation sites (tertiary alicyclic amines) is 1. The van der Waals surface area contributed by atoms with Crippen LogP contribution in [0.15, 0.2) is 0 Å². The summed E-state index contributed by atoms with van der Waals surface area (Å²) in [5, 5.41) is 3.29. The van der Waals surface area contributed by atoms with Gasteiger partial charge < -0.3 is 20.7 Å². The van der Waals surface area contributed by atoms with Gasteiger partial charge in [0.1, 0.15) is 0 Å². The molecule has 3 fully saturated rings. The SMILES string of the molecule is NCC1(CC(=O)NC2CCN(CC3CCOC3)CC2)CCCCC1. The smallest absolute Gasteiger partial charge is 0.220 e. The van der Waals surface area contributed by atoms with Crippen LogP contribution in [0, 0.1) is 11.3 Å². The lowest BCUT2D eigenvalue weighted by Gasteiger charge is -2.37. The van der Waals surface area contributed by atoms with E-state index < -0.39 is 0 Å². The first-order valence-electron chi connectivity index (χ1n) is 9.99. The van der Waals surface area contributed by atoms with Crippen LogP contribution in [0.3, 0.4) is 0 Å². The number of hydrogen-bond acceptors (Lipinski definition) is 4. The first-order valence-corrected chi connectivity index (χ1v) is 9.99. The molecular weight excluding hydrogens is 302 g/mol. The van der Waals surface area contributed by atoms with Crippen LogP contribution in [-0.4, -0.2) is 56.2 Å². The molecule has 1 unspecified atom stereocenters. The molecule has 5 nitrogen and oxygen atoms in total. The second-order valence-electron chi connectivity index (χ2n) is 8.31. The summed E-state index contributed by atoms with van der Waals surface area (Å²) in [7, 11) is 0. The van der Waals surface area contributed by atoms with Gasteiger partial charge in [0.15, 0.2) is 0 Å². The van der Waals surface area contributed by atoms with Crippen molar-refractivity contribution in [2.75, 3.05) is 39.4 Å². The average molecular weight is 338 g/mol. The van der Waals surface area contributed by atoms with Crippen LogP contribution >= 0.6 is 0 Å². The van der Waals surface area contributed by atoms with Gasteiger partial charge in [-0.15, -0.1) is 0 Å². The number of nitrogens with zero attached hydrogens (tertiary/aromatic N) is 1. The normalized spacial score (nSPS) is 28.8. The molecule has 0 radical (unpaired) electrons. The summed E-state index contributed by atoms with van der Waals surface area (Å²) in [6, 6.07) is 0.354. The Labute approximate surface area is 146 Å². The number of carbonyl (C=O) groups is 1. The van der Waals surface area contributed by atoms with Crippen molar-refractivity contribution in [1.29, 1.82) is 0 Å². The third-order valence-electron chi connectivity index (χ3n) is 6.38. The summed E-state index contributed by atoms with van der Waals surface area (Å²) in [6.07, 6.45) is 10.00. The Hall–Kier alpha value is -0.650. The van der Waals surface area contributed by atoms with Crippen molar-refractivity contribution in [2.45, 2.75) is 63.8 Å². The van der Waals surface area contributed by atoms with E-state index in [0.717, 1.165) is 58.5 Å². The number of amides is 1. The van der Waals surface area contributed by atoms with Crippen LogP contribution in [0.2, 0.25) is 0 Å². The Morgan fingerprint density at radius 2 is 1.92 bits per heavy atom. The molecule has 0 aromatic carbocycles. The van der Waals surface area contributed by atoms with Gasteiger partial charge in [0.2, 0.25) is 5.91 Å². The van der Waals surface area contributed by atoms with Crippen molar-refractivity contribution >= 4 is 5.91 Å². The van der Waals surface area contributed by atoms with E-state index in [9.17, 15) is 4.79 Å². The first-order chi connectivity index (χ1) is 11.7. The fraction of sp³-hybridized carbons (Fsp3) is 0.947. The monoisotopic (exact) mass is 337 g/mol. The van der Waals surface area contributed by atoms with Gasteiger partial charge in [-0.05, 0) is 50.0 Å². The Morgan fingerprint density at radius 3 is 2.54 bits per heavy atom. The molecule has 0 spiro atoms. The van der Waals surface area contributed by atoms with Crippen LogP contribution in [0.4, 0.5) is 0 Å². The molecule has 0 aromatic rings. The lowest BCUT2D eigenvalue weighted by molar-refractivity contribution is -0.124. The van der Waals surface area contributed by atoms with Gasteiger partial charge in [0.25, 0.3) is 0 Å². The summed E-state index contributed by atoms with van der Waals surface area (Å²) >= 11 is 0. The number of hydrogen-bond donors (Lipinski definition) is 2. The maximum atomic E-state index is 12.5. The standard InChI is InChI=1S/C19H35N3O2/c20-15-19(7-2-1-3-8-19)12-18(23)21-17-4-9-22(10-5-17)13-16-6-11-24-14-16/h16-17H,1-15,20H2,(H,21,23). The van der Waals surface area contributed by atoms with E-state index in [0.29, 0.717) is 24.9 Å². The van der Waals surface area contributed by atoms with Gasteiger partial charge in [0.05, 0.1) is 6.61 Å². The van der Waals surface area contributed by atoms with Gasteiger partial charge in [-0.1, -0.05) is 19.3 Å². The van der Waals surface area contributed by atoms with Crippen molar-refractivity contribution in [3.63, 3.8) is 0 Å². The van der Waals surface area contributed by atoms with E-state index in [1.807, 2.05) is 0 Å². The molecule has 3 rings (SSSR count). The molecule has 0 bridgehead atoms. The van der Waals surface area contributed by atoms with Crippen LogP contribution in [-0.2, 0) is 9.53 Å². The molecule has 1 saturated carbocycles. The largest absolute Gasteiger partial charge is 0.381 e. The third kappa shape index (κ3) is 4.93. The van der Waals surface area contributed by atoms with E-state index in [-0.39, 0.29) is 11.3 Å². The number of ether oxygens (including phenoxy) is 1. The molecule has 2 saturated heterocycles. The maximum absolute atomic E-state index is 12.5. The molecule has 3 aliphatic rings. The zero-order valence-electron chi connectivity index (χ0n) is 15.1. The Balaban J connectivity index is 1.38. The maximum Gasteiger partial charge on any atom is 0.220 e. The third-order valence-corrected chi connectivity index (χ3v) is 6.38. The van der Waals surface area contributed by atoms with E-state index in [1.165, 1.54) is 25.7 Å². The predicted octanol–water partition coefficient (Wildman–Crippen LogP) is 1.90. The van der Waals surface area contributed by atoms with Gasteiger partial charge in [-0.2, -0.15) is 0 Å². The number of carbonyl (C=O) groups excluding carboxylic acids is 1. The van der Waals surface area contributed by atoms with Gasteiger partial charge >= 0.3 is 0 Å². The van der Waals surface area contributed by atoms with Crippen molar-refractivity contribution < 1.29 is 9.53 Å². The van der Waals surface area contributed by atoms with E-state index >= 15 is 0 Å². The zero-order valence-corrected chi connectivity index (χ0v) is 15.1. The minimum absolute atomic E-state index is 0.0749. The molecule has 138 valence electrons. The fourth-order valence-corrected chi connectivity index (χ4v) is 4.73. The molecular formula is C19H35N3O2. The molecule has 24 heavy (non-hydrogen) atoms.